The zero-order valence-electron chi connectivity index (χ0n) is 30.7. The van der Waals surface area contributed by atoms with Crippen molar-refractivity contribution >= 4 is 55.2 Å². The maximum absolute atomic E-state index is 6.96. The van der Waals surface area contributed by atoms with Gasteiger partial charge in [0.25, 0.3) is 0 Å². The second-order valence-corrected chi connectivity index (χ2v) is 14.8. The Balaban J connectivity index is 1.15. The van der Waals surface area contributed by atoms with Crippen molar-refractivity contribution in [3.05, 3.63) is 205 Å². The topological polar surface area (TPSA) is 35.6 Å². The maximum atomic E-state index is 6.96. The van der Waals surface area contributed by atoms with Gasteiger partial charge in [-0.25, -0.2) is 0 Å². The Kier molecular flexibility index (Phi) is 7.83. The standard InChI is InChI=1S/C52H33ClN4/c53-52-54-50(56-46-25-21-38(34-13-5-1-6-14-34)29-42(46)43-30-39(22-26-47(43)56)35-15-7-2-8-16-35)33-51(55-52)57-48-27-23-40(36-17-9-3-10-18-36)31-44(48)45-32-41(24-28-49(45)57)37-19-11-4-12-20-37/h1-33H. The molecule has 0 saturated heterocycles. The highest BCUT2D eigenvalue weighted by Gasteiger charge is 2.20. The van der Waals surface area contributed by atoms with Crippen LogP contribution in [0.3, 0.4) is 0 Å². The zero-order valence-corrected chi connectivity index (χ0v) is 31.5. The Morgan fingerprint density at radius 1 is 0.281 bits per heavy atom. The third-order valence-corrected chi connectivity index (χ3v) is 11.3. The molecule has 5 heteroatoms. The molecular weight excluding hydrogens is 716 g/mol. The lowest BCUT2D eigenvalue weighted by Gasteiger charge is -2.12. The number of halogens is 1. The Hall–Kier alpha value is -7.27. The van der Waals surface area contributed by atoms with Crippen molar-refractivity contribution in [2.45, 2.75) is 0 Å². The predicted molar refractivity (Wildman–Crippen MR) is 237 cm³/mol. The van der Waals surface area contributed by atoms with Gasteiger partial charge in [-0.3, -0.25) is 9.13 Å². The van der Waals surface area contributed by atoms with E-state index in [-0.39, 0.29) is 5.28 Å². The minimum Gasteiger partial charge on any atom is -0.294 e. The average Bonchev–Trinajstić information content (AvgIpc) is 3.78. The van der Waals surface area contributed by atoms with Crippen LogP contribution in [0.4, 0.5) is 0 Å². The van der Waals surface area contributed by atoms with Gasteiger partial charge in [-0.05, 0) is 105 Å². The van der Waals surface area contributed by atoms with Gasteiger partial charge < -0.3 is 0 Å². The smallest absolute Gasteiger partial charge is 0.226 e. The van der Waals surface area contributed by atoms with Crippen LogP contribution >= 0.6 is 11.6 Å². The van der Waals surface area contributed by atoms with Crippen LogP contribution < -0.4 is 0 Å². The molecule has 268 valence electrons. The number of benzene rings is 8. The number of hydrogen-bond acceptors (Lipinski definition) is 2. The maximum Gasteiger partial charge on any atom is 0.226 e. The van der Waals surface area contributed by atoms with Gasteiger partial charge in [-0.2, -0.15) is 9.97 Å². The van der Waals surface area contributed by atoms with Crippen LogP contribution in [0.25, 0.3) is 99.8 Å². The summed E-state index contributed by atoms with van der Waals surface area (Å²) >= 11 is 6.96. The lowest BCUT2D eigenvalue weighted by atomic mass is 10.0. The SMILES string of the molecule is Clc1nc(-n2c3ccc(-c4ccccc4)cc3c3cc(-c4ccccc4)ccc32)cc(-n2c3ccc(-c4ccccc4)cc3c3cc(-c4ccccc4)ccc32)n1. The molecule has 0 radical (unpaired) electrons. The summed E-state index contributed by atoms with van der Waals surface area (Å²) in [4.78, 5) is 9.84. The molecule has 0 bridgehead atoms. The minimum absolute atomic E-state index is 0.177. The van der Waals surface area contributed by atoms with Crippen LogP contribution in [0.15, 0.2) is 200 Å². The molecule has 57 heavy (non-hydrogen) atoms. The summed E-state index contributed by atoms with van der Waals surface area (Å²) in [7, 11) is 0. The number of rotatable bonds is 6. The van der Waals surface area contributed by atoms with Crippen LogP contribution in [0.5, 0.6) is 0 Å². The van der Waals surface area contributed by atoms with Crippen LogP contribution in [0.2, 0.25) is 5.28 Å². The Bertz CT molecular complexity index is 2870. The molecule has 0 aliphatic carbocycles. The fourth-order valence-electron chi connectivity index (χ4n) is 8.40. The highest BCUT2D eigenvalue weighted by atomic mass is 35.5. The van der Waals surface area contributed by atoms with Crippen molar-refractivity contribution in [2.75, 3.05) is 0 Å². The molecule has 8 aromatic carbocycles. The first-order chi connectivity index (χ1) is 28.2. The molecule has 0 N–H and O–H groups in total. The summed E-state index contributed by atoms with van der Waals surface area (Å²) in [5.74, 6) is 1.39. The van der Waals surface area contributed by atoms with Gasteiger partial charge in [0.1, 0.15) is 11.6 Å². The number of fused-ring (bicyclic) bond motifs is 6. The van der Waals surface area contributed by atoms with Crippen molar-refractivity contribution in [1.29, 1.82) is 0 Å². The Labute approximate surface area is 334 Å². The first-order valence-electron chi connectivity index (χ1n) is 19.1. The summed E-state index contributed by atoms with van der Waals surface area (Å²) < 4.78 is 4.44. The fraction of sp³-hybridized carbons (Fsp3) is 0. The first kappa shape index (κ1) is 33.1. The van der Waals surface area contributed by atoms with E-state index < -0.39 is 0 Å². The van der Waals surface area contributed by atoms with Crippen molar-refractivity contribution < 1.29 is 0 Å². The number of hydrogen-bond donors (Lipinski definition) is 0. The van der Waals surface area contributed by atoms with E-state index in [4.69, 9.17) is 21.6 Å². The summed E-state index contributed by atoms with van der Waals surface area (Å²) in [6, 6.07) is 70.9. The van der Waals surface area contributed by atoms with E-state index in [9.17, 15) is 0 Å². The number of aromatic nitrogens is 4. The molecule has 0 saturated carbocycles. The van der Waals surface area contributed by atoms with Crippen molar-refractivity contribution in [2.24, 2.45) is 0 Å². The van der Waals surface area contributed by atoms with Crippen molar-refractivity contribution in [1.82, 2.24) is 19.1 Å². The lowest BCUT2D eigenvalue weighted by Crippen LogP contribution is -2.04. The molecule has 0 amide bonds. The van der Waals surface area contributed by atoms with E-state index in [2.05, 4.69) is 209 Å². The van der Waals surface area contributed by atoms with Gasteiger partial charge in [0, 0.05) is 27.6 Å². The molecule has 3 aromatic heterocycles. The Morgan fingerprint density at radius 2 is 0.544 bits per heavy atom. The highest BCUT2D eigenvalue weighted by molar-refractivity contribution is 6.28. The van der Waals surface area contributed by atoms with E-state index in [1.807, 2.05) is 0 Å². The van der Waals surface area contributed by atoms with Crippen LogP contribution in [-0.2, 0) is 0 Å². The second-order valence-electron chi connectivity index (χ2n) is 14.4. The lowest BCUT2D eigenvalue weighted by molar-refractivity contribution is 0.987. The third kappa shape index (κ3) is 5.69. The summed E-state index contributed by atoms with van der Waals surface area (Å²) in [5.41, 5.74) is 13.5. The van der Waals surface area contributed by atoms with E-state index in [1.165, 1.54) is 22.3 Å². The van der Waals surface area contributed by atoms with Gasteiger partial charge >= 0.3 is 0 Å². The average molecular weight is 749 g/mol. The van der Waals surface area contributed by atoms with E-state index in [0.29, 0.717) is 11.6 Å². The molecule has 4 nitrogen and oxygen atoms in total. The van der Waals surface area contributed by atoms with Gasteiger partial charge in [0.15, 0.2) is 0 Å². The van der Waals surface area contributed by atoms with Gasteiger partial charge in [-0.1, -0.05) is 146 Å². The van der Waals surface area contributed by atoms with E-state index in [1.54, 1.807) is 0 Å². The molecule has 0 fully saturated rings. The zero-order chi connectivity index (χ0) is 37.9. The molecule has 0 aliphatic heterocycles. The molecule has 0 aliphatic rings. The Morgan fingerprint density at radius 3 is 0.807 bits per heavy atom. The second kappa shape index (κ2) is 13.5. The first-order valence-corrected chi connectivity index (χ1v) is 19.5. The summed E-state index contributed by atoms with van der Waals surface area (Å²) in [6.07, 6.45) is 0. The third-order valence-electron chi connectivity index (χ3n) is 11.1. The predicted octanol–water partition coefficient (Wildman–Crippen LogP) is 14.0. The minimum atomic E-state index is 0.177. The van der Waals surface area contributed by atoms with Gasteiger partial charge in [0.05, 0.1) is 22.1 Å². The fourth-order valence-corrected chi connectivity index (χ4v) is 8.58. The van der Waals surface area contributed by atoms with Crippen molar-refractivity contribution in [3.8, 4) is 56.1 Å². The molecule has 11 rings (SSSR count). The normalized spacial score (nSPS) is 11.6. The number of nitrogens with zero attached hydrogens (tertiary/aromatic N) is 4. The quantitative estimate of drug-likeness (QED) is 0.159. The molecular formula is C52H33ClN4. The molecule has 0 atom stereocenters. The van der Waals surface area contributed by atoms with E-state index in [0.717, 1.165) is 65.9 Å². The van der Waals surface area contributed by atoms with Crippen LogP contribution in [-0.4, -0.2) is 19.1 Å². The molecule has 3 heterocycles. The van der Waals surface area contributed by atoms with Gasteiger partial charge in [-0.15, -0.1) is 0 Å². The van der Waals surface area contributed by atoms with Crippen LogP contribution in [0, 0.1) is 0 Å². The molecule has 0 spiro atoms. The summed E-state index contributed by atoms with van der Waals surface area (Å²) in [6.45, 7) is 0. The van der Waals surface area contributed by atoms with Crippen molar-refractivity contribution in [3.63, 3.8) is 0 Å². The van der Waals surface area contributed by atoms with Crippen LogP contribution in [0.1, 0.15) is 0 Å². The van der Waals surface area contributed by atoms with E-state index >= 15 is 0 Å². The monoisotopic (exact) mass is 748 g/mol. The van der Waals surface area contributed by atoms with Gasteiger partial charge in [0.2, 0.25) is 5.28 Å². The highest BCUT2D eigenvalue weighted by Crippen LogP contribution is 2.40. The largest absolute Gasteiger partial charge is 0.294 e. The molecule has 0 unspecified atom stereocenters. The summed E-state index contributed by atoms with van der Waals surface area (Å²) in [5, 5.41) is 4.73. The molecule has 11 aromatic rings.